The van der Waals surface area contributed by atoms with Crippen LogP contribution in [-0.2, 0) is 7.05 Å². The lowest BCUT2D eigenvalue weighted by atomic mass is 10.0. The maximum absolute atomic E-state index is 14.8. The molecule has 0 bridgehead atoms. The van der Waals surface area contributed by atoms with E-state index in [4.69, 9.17) is 11.6 Å². The molecule has 26 heavy (non-hydrogen) atoms. The van der Waals surface area contributed by atoms with Gasteiger partial charge in [0.05, 0.1) is 6.20 Å². The van der Waals surface area contributed by atoms with Crippen molar-refractivity contribution in [3.05, 3.63) is 53.8 Å². The SMILES string of the molecule is Cn1cc(-c2cc(F)c3c(c2)c(-c2ccnc(Cl)c2)nn3C(=O)O)cn1. The van der Waals surface area contributed by atoms with E-state index in [-0.39, 0.29) is 10.7 Å². The number of carboxylic acid groups (broad SMARTS) is 1. The fraction of sp³-hybridized carbons (Fsp3) is 0.0588. The predicted octanol–water partition coefficient (Wildman–Crippen LogP) is 3.82. The van der Waals surface area contributed by atoms with Crippen molar-refractivity contribution in [2.24, 2.45) is 7.05 Å². The number of aromatic nitrogens is 5. The number of fused-ring (bicyclic) bond motifs is 1. The van der Waals surface area contributed by atoms with E-state index >= 15 is 0 Å². The highest BCUT2D eigenvalue weighted by Crippen LogP contribution is 2.34. The first-order valence-corrected chi connectivity index (χ1v) is 7.88. The molecule has 4 rings (SSSR count). The molecule has 0 aliphatic carbocycles. The smallest absolute Gasteiger partial charge is 0.432 e. The number of nitrogens with zero attached hydrogens (tertiary/aromatic N) is 5. The zero-order valence-electron chi connectivity index (χ0n) is 13.4. The van der Waals surface area contributed by atoms with Crippen molar-refractivity contribution < 1.29 is 14.3 Å². The van der Waals surface area contributed by atoms with Crippen LogP contribution >= 0.6 is 11.6 Å². The summed E-state index contributed by atoms with van der Waals surface area (Å²) in [6.07, 6.45) is 3.44. The minimum absolute atomic E-state index is 0.118. The maximum Gasteiger partial charge on any atom is 0.432 e. The summed E-state index contributed by atoms with van der Waals surface area (Å²) in [7, 11) is 1.76. The zero-order chi connectivity index (χ0) is 18.4. The second-order valence-electron chi connectivity index (χ2n) is 5.67. The van der Waals surface area contributed by atoms with E-state index in [0.29, 0.717) is 32.5 Å². The monoisotopic (exact) mass is 371 g/mol. The average Bonchev–Trinajstić information content (AvgIpc) is 3.19. The van der Waals surface area contributed by atoms with Gasteiger partial charge in [-0.1, -0.05) is 11.6 Å². The lowest BCUT2D eigenvalue weighted by Gasteiger charge is -2.03. The van der Waals surface area contributed by atoms with Gasteiger partial charge in [0, 0.05) is 36.0 Å². The van der Waals surface area contributed by atoms with E-state index in [1.165, 1.54) is 12.3 Å². The van der Waals surface area contributed by atoms with Crippen molar-refractivity contribution in [3.63, 3.8) is 0 Å². The largest absolute Gasteiger partial charge is 0.463 e. The Balaban J connectivity index is 2.05. The van der Waals surface area contributed by atoms with Crippen LogP contribution in [0.5, 0.6) is 0 Å². The number of hydrogen-bond acceptors (Lipinski definition) is 4. The standard InChI is InChI=1S/C17H11ClFN5O2/c1-23-8-11(7-21-23)10-4-12-15(9-2-3-20-14(18)6-9)22-24(17(25)26)16(12)13(19)5-10/h2-8H,1H3,(H,25,26). The number of carbonyl (C=O) groups is 1. The zero-order valence-corrected chi connectivity index (χ0v) is 14.1. The van der Waals surface area contributed by atoms with Gasteiger partial charge in [-0.2, -0.15) is 14.9 Å². The number of pyridine rings is 1. The number of benzene rings is 1. The first-order valence-electron chi connectivity index (χ1n) is 7.50. The van der Waals surface area contributed by atoms with Gasteiger partial charge in [0.2, 0.25) is 0 Å². The molecule has 0 spiro atoms. The molecule has 0 radical (unpaired) electrons. The Hall–Kier alpha value is -3.26. The minimum Gasteiger partial charge on any atom is -0.463 e. The van der Waals surface area contributed by atoms with Gasteiger partial charge in [-0.15, -0.1) is 0 Å². The van der Waals surface area contributed by atoms with Crippen LogP contribution in [0.4, 0.5) is 9.18 Å². The van der Waals surface area contributed by atoms with Gasteiger partial charge in [0.15, 0.2) is 0 Å². The Morgan fingerprint density at radius 1 is 1.23 bits per heavy atom. The fourth-order valence-corrected chi connectivity index (χ4v) is 3.01. The van der Waals surface area contributed by atoms with Crippen LogP contribution in [-0.4, -0.2) is 35.7 Å². The summed E-state index contributed by atoms with van der Waals surface area (Å²) in [5.74, 6) is -0.692. The van der Waals surface area contributed by atoms with E-state index in [0.717, 1.165) is 0 Å². The Labute approximate surface area is 151 Å². The Bertz CT molecular complexity index is 1170. The summed E-state index contributed by atoms with van der Waals surface area (Å²) in [5.41, 5.74) is 1.99. The number of halogens is 2. The highest BCUT2D eigenvalue weighted by atomic mass is 35.5. The lowest BCUT2D eigenvalue weighted by Crippen LogP contribution is -2.10. The van der Waals surface area contributed by atoms with Crippen LogP contribution in [0.2, 0.25) is 5.15 Å². The molecular weight excluding hydrogens is 361 g/mol. The van der Waals surface area contributed by atoms with Crippen LogP contribution in [0.3, 0.4) is 0 Å². The normalized spacial score (nSPS) is 11.2. The van der Waals surface area contributed by atoms with Crippen LogP contribution in [0, 0.1) is 5.82 Å². The van der Waals surface area contributed by atoms with Crippen molar-refractivity contribution in [1.82, 2.24) is 24.5 Å². The number of hydrogen-bond donors (Lipinski definition) is 1. The molecule has 7 nitrogen and oxygen atoms in total. The molecule has 0 saturated heterocycles. The van der Waals surface area contributed by atoms with Gasteiger partial charge in [-0.25, -0.2) is 14.2 Å². The molecule has 0 aliphatic heterocycles. The van der Waals surface area contributed by atoms with Crippen molar-refractivity contribution in [2.75, 3.05) is 0 Å². The summed E-state index contributed by atoms with van der Waals surface area (Å²) in [6.45, 7) is 0. The van der Waals surface area contributed by atoms with E-state index in [9.17, 15) is 14.3 Å². The molecule has 9 heteroatoms. The van der Waals surface area contributed by atoms with Crippen LogP contribution in [0.25, 0.3) is 33.3 Å². The molecule has 0 atom stereocenters. The van der Waals surface area contributed by atoms with Crippen molar-refractivity contribution in [1.29, 1.82) is 0 Å². The van der Waals surface area contributed by atoms with Crippen LogP contribution in [0.1, 0.15) is 0 Å². The molecular formula is C17H11ClFN5O2. The third kappa shape index (κ3) is 2.60. The molecule has 130 valence electrons. The molecule has 0 amide bonds. The van der Waals surface area contributed by atoms with Gasteiger partial charge < -0.3 is 5.11 Å². The molecule has 1 aromatic carbocycles. The average molecular weight is 372 g/mol. The molecule has 3 heterocycles. The summed E-state index contributed by atoms with van der Waals surface area (Å²) >= 11 is 5.93. The molecule has 3 aromatic heterocycles. The molecule has 0 aliphatic rings. The van der Waals surface area contributed by atoms with Crippen molar-refractivity contribution in [3.8, 4) is 22.4 Å². The van der Waals surface area contributed by atoms with Crippen LogP contribution in [0.15, 0.2) is 42.9 Å². The predicted molar refractivity (Wildman–Crippen MR) is 93.6 cm³/mol. The van der Waals surface area contributed by atoms with E-state index in [1.54, 1.807) is 42.3 Å². The summed E-state index contributed by atoms with van der Waals surface area (Å²) in [4.78, 5) is 15.4. The Morgan fingerprint density at radius 2 is 2.04 bits per heavy atom. The lowest BCUT2D eigenvalue weighted by molar-refractivity contribution is 0.194. The molecule has 0 unspecified atom stereocenters. The van der Waals surface area contributed by atoms with Crippen molar-refractivity contribution in [2.45, 2.75) is 0 Å². The van der Waals surface area contributed by atoms with E-state index in [1.807, 2.05) is 0 Å². The van der Waals surface area contributed by atoms with Gasteiger partial charge in [0.25, 0.3) is 0 Å². The quantitative estimate of drug-likeness (QED) is 0.541. The Kier molecular flexibility index (Phi) is 3.69. The third-order valence-corrected chi connectivity index (χ3v) is 4.16. The number of rotatable bonds is 2. The second kappa shape index (κ2) is 5.92. The Morgan fingerprint density at radius 3 is 2.69 bits per heavy atom. The molecule has 0 fully saturated rings. The topological polar surface area (TPSA) is 85.8 Å². The maximum atomic E-state index is 14.8. The highest BCUT2D eigenvalue weighted by molar-refractivity contribution is 6.29. The van der Waals surface area contributed by atoms with Gasteiger partial charge in [0.1, 0.15) is 22.2 Å². The first-order chi connectivity index (χ1) is 12.4. The van der Waals surface area contributed by atoms with E-state index < -0.39 is 11.9 Å². The molecule has 1 N–H and O–H groups in total. The van der Waals surface area contributed by atoms with E-state index in [2.05, 4.69) is 15.2 Å². The van der Waals surface area contributed by atoms with Crippen LogP contribution < -0.4 is 0 Å². The minimum atomic E-state index is -1.38. The van der Waals surface area contributed by atoms with Gasteiger partial charge >= 0.3 is 6.09 Å². The second-order valence-corrected chi connectivity index (χ2v) is 6.05. The highest BCUT2D eigenvalue weighted by Gasteiger charge is 2.21. The van der Waals surface area contributed by atoms with Gasteiger partial charge in [-0.05, 0) is 29.8 Å². The number of aryl methyl sites for hydroxylation is 1. The van der Waals surface area contributed by atoms with Gasteiger partial charge in [-0.3, -0.25) is 4.68 Å². The summed E-state index contributed by atoms with van der Waals surface area (Å²) in [5, 5.41) is 18.1. The van der Waals surface area contributed by atoms with Crippen molar-refractivity contribution >= 4 is 28.6 Å². The molecule has 4 aromatic rings. The summed E-state index contributed by atoms with van der Waals surface area (Å²) < 4.78 is 17.0. The molecule has 0 saturated carbocycles. The fourth-order valence-electron chi connectivity index (χ4n) is 2.84. The third-order valence-electron chi connectivity index (χ3n) is 3.95. The first kappa shape index (κ1) is 16.2. The summed E-state index contributed by atoms with van der Waals surface area (Å²) in [6, 6.07) is 6.13.